The van der Waals surface area contributed by atoms with E-state index in [2.05, 4.69) is 20.9 Å². The van der Waals surface area contributed by atoms with Crippen LogP contribution in [0.5, 0.6) is 11.5 Å². The van der Waals surface area contributed by atoms with Crippen LogP contribution in [-0.4, -0.2) is 30.0 Å². The van der Waals surface area contributed by atoms with E-state index in [9.17, 15) is 14.9 Å². The Morgan fingerprint density at radius 1 is 1.30 bits per heavy atom. The summed E-state index contributed by atoms with van der Waals surface area (Å²) < 4.78 is 17.0. The fourth-order valence-corrected chi connectivity index (χ4v) is 3.40. The molecule has 156 valence electrons. The number of rotatable bonds is 6. The Hall–Kier alpha value is -2.91. The maximum Gasteiger partial charge on any atom is 0.363 e. The average Bonchev–Trinajstić information content (AvgIpc) is 3.03. The lowest BCUT2D eigenvalue weighted by Gasteiger charge is -2.15. The molecule has 1 aliphatic rings. The fourth-order valence-electron chi connectivity index (χ4n) is 2.65. The third-order valence-electron chi connectivity index (χ3n) is 3.92. The Morgan fingerprint density at radius 2 is 2.03 bits per heavy atom. The van der Waals surface area contributed by atoms with Crippen LogP contribution >= 0.6 is 27.5 Å². The Bertz CT molecular complexity index is 1100. The number of aliphatic imine (C=N–C) groups is 1. The second-order valence-electron chi connectivity index (χ2n) is 6.46. The van der Waals surface area contributed by atoms with E-state index >= 15 is 0 Å². The van der Waals surface area contributed by atoms with Gasteiger partial charge in [0, 0.05) is 12.1 Å². The van der Waals surface area contributed by atoms with Crippen molar-refractivity contribution in [3.8, 4) is 11.5 Å². The van der Waals surface area contributed by atoms with Crippen molar-refractivity contribution in [3.63, 3.8) is 0 Å². The lowest BCUT2D eigenvalue weighted by atomic mass is 10.1. The average molecular weight is 496 g/mol. The van der Waals surface area contributed by atoms with Gasteiger partial charge in [-0.25, -0.2) is 9.79 Å². The number of methoxy groups -OCH3 is 1. The zero-order chi connectivity index (χ0) is 22.0. The van der Waals surface area contributed by atoms with Gasteiger partial charge in [0.15, 0.2) is 17.2 Å². The molecule has 3 rings (SSSR count). The van der Waals surface area contributed by atoms with Crippen molar-refractivity contribution in [1.82, 2.24) is 0 Å². The van der Waals surface area contributed by atoms with E-state index < -0.39 is 10.9 Å². The number of non-ortho nitro benzene ring substituents is 1. The van der Waals surface area contributed by atoms with E-state index in [4.69, 9.17) is 25.8 Å². The number of nitrogens with zero attached hydrogens (tertiary/aromatic N) is 2. The van der Waals surface area contributed by atoms with Crippen molar-refractivity contribution >= 4 is 51.2 Å². The SMILES string of the molecule is COc1cc(/C=C2\N=C(c3cc([N+](=O)[O-])ccc3Cl)OC2=O)cc(Br)c1OC(C)C. The molecule has 0 fully saturated rings. The van der Waals surface area contributed by atoms with Gasteiger partial charge in [0.25, 0.3) is 5.69 Å². The summed E-state index contributed by atoms with van der Waals surface area (Å²) >= 11 is 9.55. The van der Waals surface area contributed by atoms with Gasteiger partial charge in [0.2, 0.25) is 5.90 Å². The molecule has 0 amide bonds. The molecule has 0 aliphatic carbocycles. The lowest BCUT2D eigenvalue weighted by molar-refractivity contribution is -0.384. The molecule has 0 unspecified atom stereocenters. The predicted octanol–water partition coefficient (Wildman–Crippen LogP) is 5.15. The number of hydrogen-bond donors (Lipinski definition) is 0. The molecule has 0 N–H and O–H groups in total. The molecule has 0 atom stereocenters. The Morgan fingerprint density at radius 3 is 2.67 bits per heavy atom. The lowest BCUT2D eigenvalue weighted by Crippen LogP contribution is -2.07. The molecule has 30 heavy (non-hydrogen) atoms. The molecule has 0 saturated carbocycles. The second-order valence-corrected chi connectivity index (χ2v) is 7.72. The number of carbonyl (C=O) groups excluding carboxylic acids is 1. The number of carbonyl (C=O) groups is 1. The summed E-state index contributed by atoms with van der Waals surface area (Å²) in [5.41, 5.74) is 0.582. The number of nitro groups is 1. The van der Waals surface area contributed by atoms with Crippen LogP contribution in [0.15, 0.2) is 45.5 Å². The smallest absolute Gasteiger partial charge is 0.363 e. The van der Waals surface area contributed by atoms with Crippen molar-refractivity contribution in [1.29, 1.82) is 0 Å². The highest BCUT2D eigenvalue weighted by Gasteiger charge is 2.27. The van der Waals surface area contributed by atoms with Crippen LogP contribution in [0.3, 0.4) is 0 Å². The zero-order valence-corrected chi connectivity index (χ0v) is 18.5. The third-order valence-corrected chi connectivity index (χ3v) is 4.84. The number of hydrogen-bond acceptors (Lipinski definition) is 7. The number of benzene rings is 2. The Kier molecular flexibility index (Phi) is 6.42. The summed E-state index contributed by atoms with van der Waals surface area (Å²) in [6.07, 6.45) is 1.45. The number of halogens is 2. The van der Waals surface area contributed by atoms with Crippen molar-refractivity contribution < 1.29 is 23.9 Å². The largest absolute Gasteiger partial charge is 0.493 e. The highest BCUT2D eigenvalue weighted by molar-refractivity contribution is 9.10. The third kappa shape index (κ3) is 4.63. The fraction of sp³-hybridized carbons (Fsp3) is 0.200. The first kappa shape index (κ1) is 21.8. The maximum absolute atomic E-state index is 12.3. The normalized spacial score (nSPS) is 14.7. The summed E-state index contributed by atoms with van der Waals surface area (Å²) in [4.78, 5) is 26.9. The van der Waals surface area contributed by atoms with Crippen molar-refractivity contribution in [2.45, 2.75) is 20.0 Å². The van der Waals surface area contributed by atoms with E-state index in [1.165, 1.54) is 31.4 Å². The summed E-state index contributed by atoms with van der Waals surface area (Å²) in [6, 6.07) is 7.24. The van der Waals surface area contributed by atoms with Gasteiger partial charge < -0.3 is 14.2 Å². The zero-order valence-electron chi connectivity index (χ0n) is 16.1. The van der Waals surface area contributed by atoms with Gasteiger partial charge in [0.1, 0.15) is 0 Å². The topological polar surface area (TPSA) is 100 Å². The van der Waals surface area contributed by atoms with E-state index in [0.29, 0.717) is 21.5 Å². The number of ether oxygens (including phenoxy) is 3. The van der Waals surface area contributed by atoms with Gasteiger partial charge in [-0.15, -0.1) is 0 Å². The predicted molar refractivity (Wildman–Crippen MR) is 115 cm³/mol. The first-order chi connectivity index (χ1) is 14.2. The number of nitro benzene ring substituents is 1. The van der Waals surface area contributed by atoms with Crippen LogP contribution in [0.1, 0.15) is 25.0 Å². The molecule has 1 heterocycles. The van der Waals surface area contributed by atoms with Crippen molar-refractivity contribution in [2.24, 2.45) is 4.99 Å². The van der Waals surface area contributed by atoms with Crippen LogP contribution in [0.25, 0.3) is 6.08 Å². The Labute approximate surface area is 185 Å². The molecule has 0 bridgehead atoms. The van der Waals surface area contributed by atoms with Crippen LogP contribution in [0, 0.1) is 10.1 Å². The molecule has 0 spiro atoms. The van der Waals surface area contributed by atoms with E-state index in [0.717, 1.165) is 0 Å². The molecule has 8 nitrogen and oxygen atoms in total. The van der Waals surface area contributed by atoms with Crippen LogP contribution in [-0.2, 0) is 9.53 Å². The summed E-state index contributed by atoms with van der Waals surface area (Å²) in [6.45, 7) is 3.79. The molecule has 1 aliphatic heterocycles. The minimum Gasteiger partial charge on any atom is -0.493 e. The van der Waals surface area contributed by atoms with E-state index in [1.807, 2.05) is 13.8 Å². The maximum atomic E-state index is 12.3. The molecule has 0 aromatic heterocycles. The molecule has 2 aromatic rings. The highest BCUT2D eigenvalue weighted by atomic mass is 79.9. The van der Waals surface area contributed by atoms with Gasteiger partial charge in [-0.1, -0.05) is 11.6 Å². The number of cyclic esters (lactones) is 1. The van der Waals surface area contributed by atoms with E-state index in [1.54, 1.807) is 12.1 Å². The van der Waals surface area contributed by atoms with Crippen molar-refractivity contribution in [2.75, 3.05) is 7.11 Å². The van der Waals surface area contributed by atoms with E-state index in [-0.39, 0.29) is 34.0 Å². The number of esters is 1. The monoisotopic (exact) mass is 494 g/mol. The summed E-state index contributed by atoms with van der Waals surface area (Å²) in [5, 5.41) is 11.2. The molecule has 10 heteroatoms. The Balaban J connectivity index is 2.00. The summed E-state index contributed by atoms with van der Waals surface area (Å²) in [5.74, 6) is 0.203. The quantitative estimate of drug-likeness (QED) is 0.238. The summed E-state index contributed by atoms with van der Waals surface area (Å²) in [7, 11) is 1.51. The first-order valence-electron chi connectivity index (χ1n) is 8.70. The standard InChI is InChI=1S/C20H16BrClN2O6/c1-10(2)29-18-14(21)6-11(8-17(18)28-3)7-16-20(25)30-19(23-16)13-9-12(24(26)27)4-5-15(13)22/h4-10H,1-3H3/b16-7-. The first-order valence-corrected chi connectivity index (χ1v) is 9.87. The molecule has 2 aromatic carbocycles. The molecule has 0 radical (unpaired) electrons. The van der Waals surface area contributed by atoms with Crippen LogP contribution in [0.4, 0.5) is 5.69 Å². The molecular weight excluding hydrogens is 480 g/mol. The van der Waals surface area contributed by atoms with Gasteiger partial charge in [-0.3, -0.25) is 10.1 Å². The minimum absolute atomic E-state index is 0.0130. The minimum atomic E-state index is -0.704. The van der Waals surface area contributed by atoms with Gasteiger partial charge in [0.05, 0.1) is 33.2 Å². The van der Waals surface area contributed by atoms with Crippen molar-refractivity contribution in [3.05, 3.63) is 66.8 Å². The highest BCUT2D eigenvalue weighted by Crippen LogP contribution is 2.38. The molecular formula is C20H16BrClN2O6. The van der Waals surface area contributed by atoms with Gasteiger partial charge >= 0.3 is 5.97 Å². The molecule has 0 saturated heterocycles. The second kappa shape index (κ2) is 8.85. The van der Waals surface area contributed by atoms with Crippen LogP contribution in [0.2, 0.25) is 5.02 Å². The van der Waals surface area contributed by atoms with Gasteiger partial charge in [-0.2, -0.15) is 0 Å². The van der Waals surface area contributed by atoms with Gasteiger partial charge in [-0.05, 0) is 59.6 Å². The van der Waals surface area contributed by atoms with Crippen LogP contribution < -0.4 is 9.47 Å².